The molecule has 1 N–H and O–H groups in total. The van der Waals surface area contributed by atoms with Crippen LogP contribution in [0.3, 0.4) is 0 Å². The molecule has 0 bridgehead atoms. The standard InChI is InChI=1S/C13H10BrClN2O2/c14-10-6-5-9(7-13(10)17(18)19)8-16-12-4-2-1-3-11(12)15/h1-7,16H,8H2. The monoisotopic (exact) mass is 340 g/mol. The number of nitro benzene ring substituents is 1. The van der Waals surface area contributed by atoms with Crippen LogP contribution in [0.4, 0.5) is 11.4 Å². The van der Waals surface area contributed by atoms with Crippen LogP contribution in [0.25, 0.3) is 0 Å². The second-order valence-electron chi connectivity index (χ2n) is 3.88. The van der Waals surface area contributed by atoms with E-state index in [4.69, 9.17) is 11.6 Å². The highest BCUT2D eigenvalue weighted by Gasteiger charge is 2.12. The van der Waals surface area contributed by atoms with Gasteiger partial charge in [-0.15, -0.1) is 0 Å². The molecule has 98 valence electrons. The van der Waals surface area contributed by atoms with Crippen LogP contribution in [-0.4, -0.2) is 4.92 Å². The van der Waals surface area contributed by atoms with E-state index in [0.717, 1.165) is 11.3 Å². The van der Waals surface area contributed by atoms with E-state index >= 15 is 0 Å². The van der Waals surface area contributed by atoms with Crippen molar-refractivity contribution in [1.82, 2.24) is 0 Å². The number of benzene rings is 2. The van der Waals surface area contributed by atoms with Gasteiger partial charge >= 0.3 is 0 Å². The maximum Gasteiger partial charge on any atom is 0.283 e. The van der Waals surface area contributed by atoms with Crippen molar-refractivity contribution in [2.24, 2.45) is 0 Å². The first-order valence-corrected chi connectivity index (χ1v) is 6.66. The van der Waals surface area contributed by atoms with Gasteiger partial charge in [0.15, 0.2) is 0 Å². The Labute approximate surface area is 123 Å². The third-order valence-electron chi connectivity index (χ3n) is 2.56. The molecule has 4 nitrogen and oxygen atoms in total. The topological polar surface area (TPSA) is 55.2 Å². The largest absolute Gasteiger partial charge is 0.380 e. The molecule has 2 aromatic carbocycles. The lowest BCUT2D eigenvalue weighted by Crippen LogP contribution is -2.01. The number of nitrogens with one attached hydrogen (secondary N) is 1. The first kappa shape index (κ1) is 13.8. The normalized spacial score (nSPS) is 10.2. The Morgan fingerprint density at radius 1 is 1.26 bits per heavy atom. The fraction of sp³-hybridized carbons (Fsp3) is 0.0769. The van der Waals surface area contributed by atoms with E-state index in [9.17, 15) is 10.1 Å². The molecule has 2 rings (SSSR count). The SMILES string of the molecule is O=[N+]([O-])c1cc(CNc2ccccc2Cl)ccc1Br. The fourth-order valence-corrected chi connectivity index (χ4v) is 2.20. The molecule has 0 spiro atoms. The van der Waals surface area contributed by atoms with E-state index in [1.807, 2.05) is 24.3 Å². The molecule has 0 aliphatic carbocycles. The molecule has 0 fully saturated rings. The van der Waals surface area contributed by atoms with E-state index in [-0.39, 0.29) is 5.69 Å². The molecule has 0 aliphatic heterocycles. The zero-order valence-electron chi connectivity index (χ0n) is 9.77. The Bertz CT molecular complexity index is 619. The summed E-state index contributed by atoms with van der Waals surface area (Å²) in [5, 5.41) is 14.6. The lowest BCUT2D eigenvalue weighted by molar-refractivity contribution is -0.385. The molecule has 0 amide bonds. The Hall–Kier alpha value is -1.59. The van der Waals surface area contributed by atoms with Crippen molar-refractivity contribution >= 4 is 38.9 Å². The molecule has 0 radical (unpaired) electrons. The van der Waals surface area contributed by atoms with Crippen molar-refractivity contribution in [3.63, 3.8) is 0 Å². The van der Waals surface area contributed by atoms with Crippen molar-refractivity contribution in [1.29, 1.82) is 0 Å². The van der Waals surface area contributed by atoms with Gasteiger partial charge in [-0.3, -0.25) is 10.1 Å². The van der Waals surface area contributed by atoms with Gasteiger partial charge in [-0.1, -0.05) is 29.8 Å². The maximum atomic E-state index is 10.8. The van der Waals surface area contributed by atoms with E-state index in [1.54, 1.807) is 12.1 Å². The number of para-hydroxylation sites is 1. The minimum Gasteiger partial charge on any atom is -0.380 e. The molecule has 0 atom stereocenters. The van der Waals surface area contributed by atoms with Gasteiger partial charge in [-0.2, -0.15) is 0 Å². The van der Waals surface area contributed by atoms with Crippen LogP contribution in [0.2, 0.25) is 5.02 Å². The van der Waals surface area contributed by atoms with Crippen molar-refractivity contribution in [3.05, 3.63) is 67.6 Å². The summed E-state index contributed by atoms with van der Waals surface area (Å²) in [6.07, 6.45) is 0. The summed E-state index contributed by atoms with van der Waals surface area (Å²) in [7, 11) is 0. The Morgan fingerprint density at radius 3 is 2.68 bits per heavy atom. The average Bonchev–Trinajstić information content (AvgIpc) is 2.39. The van der Waals surface area contributed by atoms with Gasteiger partial charge in [0, 0.05) is 12.6 Å². The molecular weight excluding hydrogens is 332 g/mol. The third-order valence-corrected chi connectivity index (χ3v) is 3.56. The van der Waals surface area contributed by atoms with Gasteiger partial charge < -0.3 is 5.32 Å². The second kappa shape index (κ2) is 6.04. The zero-order chi connectivity index (χ0) is 13.8. The van der Waals surface area contributed by atoms with Crippen LogP contribution in [0.15, 0.2) is 46.9 Å². The molecule has 0 saturated carbocycles. The average molecular weight is 342 g/mol. The van der Waals surface area contributed by atoms with Crippen LogP contribution in [-0.2, 0) is 6.54 Å². The highest BCUT2D eigenvalue weighted by molar-refractivity contribution is 9.10. The van der Waals surface area contributed by atoms with Gasteiger partial charge in [0.05, 0.1) is 20.1 Å². The van der Waals surface area contributed by atoms with E-state index in [0.29, 0.717) is 16.0 Å². The number of hydrogen-bond donors (Lipinski definition) is 1. The van der Waals surface area contributed by atoms with Crippen LogP contribution >= 0.6 is 27.5 Å². The van der Waals surface area contributed by atoms with E-state index in [2.05, 4.69) is 21.2 Å². The predicted octanol–water partition coefficient (Wildman–Crippen LogP) is 4.62. The van der Waals surface area contributed by atoms with Crippen molar-refractivity contribution in [2.45, 2.75) is 6.54 Å². The minimum absolute atomic E-state index is 0.0541. The second-order valence-corrected chi connectivity index (χ2v) is 5.14. The van der Waals surface area contributed by atoms with Gasteiger partial charge in [0.1, 0.15) is 0 Å². The highest BCUT2D eigenvalue weighted by Crippen LogP contribution is 2.26. The van der Waals surface area contributed by atoms with Gasteiger partial charge in [0.2, 0.25) is 0 Å². The Kier molecular flexibility index (Phi) is 4.39. The smallest absolute Gasteiger partial charge is 0.283 e. The number of anilines is 1. The van der Waals surface area contributed by atoms with Crippen molar-refractivity contribution < 1.29 is 4.92 Å². The molecule has 2 aromatic rings. The summed E-state index contributed by atoms with van der Waals surface area (Å²) < 4.78 is 0.471. The molecule has 6 heteroatoms. The quantitative estimate of drug-likeness (QED) is 0.652. The third kappa shape index (κ3) is 3.45. The van der Waals surface area contributed by atoms with Gasteiger partial charge in [0.25, 0.3) is 5.69 Å². The number of hydrogen-bond acceptors (Lipinski definition) is 3. The molecule has 0 aromatic heterocycles. The molecular formula is C13H10BrClN2O2. The van der Waals surface area contributed by atoms with Crippen molar-refractivity contribution in [3.8, 4) is 0 Å². The summed E-state index contributed by atoms with van der Waals surface area (Å²) >= 11 is 9.17. The molecule has 0 aliphatic rings. The number of rotatable bonds is 4. The van der Waals surface area contributed by atoms with E-state index < -0.39 is 4.92 Å². The lowest BCUT2D eigenvalue weighted by atomic mass is 10.2. The van der Waals surface area contributed by atoms with Crippen LogP contribution in [0, 0.1) is 10.1 Å². The lowest BCUT2D eigenvalue weighted by Gasteiger charge is -2.08. The highest BCUT2D eigenvalue weighted by atomic mass is 79.9. The molecule has 19 heavy (non-hydrogen) atoms. The summed E-state index contributed by atoms with van der Waals surface area (Å²) in [4.78, 5) is 10.4. The van der Waals surface area contributed by atoms with Crippen molar-refractivity contribution in [2.75, 3.05) is 5.32 Å². The summed E-state index contributed by atoms with van der Waals surface area (Å²) in [5.41, 5.74) is 1.67. The zero-order valence-corrected chi connectivity index (χ0v) is 12.1. The number of nitrogens with zero attached hydrogens (tertiary/aromatic N) is 1. The first-order valence-electron chi connectivity index (χ1n) is 5.49. The van der Waals surface area contributed by atoms with Crippen LogP contribution in [0.5, 0.6) is 0 Å². The van der Waals surface area contributed by atoms with Crippen LogP contribution in [0.1, 0.15) is 5.56 Å². The van der Waals surface area contributed by atoms with Crippen LogP contribution < -0.4 is 5.32 Å². The number of halogens is 2. The number of nitro groups is 1. The summed E-state index contributed by atoms with van der Waals surface area (Å²) in [5.74, 6) is 0. The fourth-order valence-electron chi connectivity index (χ4n) is 1.61. The van der Waals surface area contributed by atoms with Gasteiger partial charge in [-0.25, -0.2) is 0 Å². The molecule has 0 heterocycles. The Balaban J connectivity index is 2.14. The summed E-state index contributed by atoms with van der Waals surface area (Å²) in [6.45, 7) is 0.470. The predicted molar refractivity (Wildman–Crippen MR) is 79.6 cm³/mol. The van der Waals surface area contributed by atoms with Gasteiger partial charge in [-0.05, 0) is 39.7 Å². The van der Waals surface area contributed by atoms with E-state index in [1.165, 1.54) is 6.07 Å². The minimum atomic E-state index is -0.414. The first-order chi connectivity index (χ1) is 9.08. The molecule has 0 saturated heterocycles. The Morgan fingerprint density at radius 2 is 2.00 bits per heavy atom. The summed E-state index contributed by atoms with van der Waals surface area (Å²) in [6, 6.07) is 12.4. The maximum absolute atomic E-state index is 10.8. The molecule has 0 unspecified atom stereocenters.